The van der Waals surface area contributed by atoms with Crippen molar-refractivity contribution >= 4 is 0 Å². The lowest BCUT2D eigenvalue weighted by atomic mass is 10.1. The highest BCUT2D eigenvalue weighted by Gasteiger charge is 2.17. The summed E-state index contributed by atoms with van der Waals surface area (Å²) in [6, 6.07) is 0. The minimum atomic E-state index is 0. The standard InChI is InChI=1S/4C22H48N.4ClH/c4*1-5-7-9-11-13-15-17-19-21-23(3,4)22-20-18-16-14-12-10-8-6-2;;;;/h4*5-22H2,1-4H3;4*1H/q4*+1;;;;/p-4. The summed E-state index contributed by atoms with van der Waals surface area (Å²) in [5, 5.41) is 0. The molecule has 96 heavy (non-hydrogen) atoms. The van der Waals surface area contributed by atoms with Crippen LogP contribution in [0.3, 0.4) is 0 Å². The number of hydrogen-bond donors (Lipinski definition) is 0. The van der Waals surface area contributed by atoms with Crippen LogP contribution in [-0.4, -0.2) is 127 Å². The molecule has 0 aromatic heterocycles. The number of nitrogens with zero attached hydrogens (tertiary/aromatic N) is 4. The zero-order chi connectivity index (χ0) is 68.9. The van der Waals surface area contributed by atoms with Crippen LogP contribution in [0.5, 0.6) is 0 Å². The zero-order valence-electron chi connectivity index (χ0n) is 70.2. The molecule has 0 bridgehead atoms. The summed E-state index contributed by atoms with van der Waals surface area (Å²) in [7, 11) is 19.5. The molecule has 4 nitrogen and oxygen atoms in total. The van der Waals surface area contributed by atoms with Crippen molar-refractivity contribution in [3.8, 4) is 0 Å². The third kappa shape index (κ3) is 106. The first-order valence-electron chi connectivity index (χ1n) is 43.8. The Morgan fingerprint density at radius 3 is 0.240 bits per heavy atom. The Hall–Kier alpha value is 1.00. The largest absolute Gasteiger partial charge is 1.00 e. The van der Waals surface area contributed by atoms with E-state index in [4.69, 9.17) is 0 Å². The van der Waals surface area contributed by atoms with E-state index in [9.17, 15) is 0 Å². The molecule has 0 amide bonds. The van der Waals surface area contributed by atoms with Gasteiger partial charge in [-0.3, -0.25) is 0 Å². The summed E-state index contributed by atoms with van der Waals surface area (Å²) < 4.78 is 4.97. The minimum Gasteiger partial charge on any atom is -1.00 e. The lowest BCUT2D eigenvalue weighted by molar-refractivity contribution is -0.890. The first-order valence-corrected chi connectivity index (χ1v) is 43.8. The maximum atomic E-state index is 2.43. The van der Waals surface area contributed by atoms with Crippen LogP contribution in [0.15, 0.2) is 0 Å². The molecule has 0 heterocycles. The summed E-state index contributed by atoms with van der Waals surface area (Å²) in [6.07, 6.45) is 92.1. The molecular formula is C88H192Cl4N4. The Kier molecular flexibility index (Phi) is 108. The molecule has 0 saturated heterocycles. The van der Waals surface area contributed by atoms with E-state index in [-0.39, 0.29) is 49.6 Å². The Morgan fingerprint density at radius 1 is 0.104 bits per heavy atom. The smallest absolute Gasteiger partial charge is 0.0782 e. The van der Waals surface area contributed by atoms with E-state index in [0.717, 1.165) is 0 Å². The van der Waals surface area contributed by atoms with Gasteiger partial charge in [-0.2, -0.15) is 0 Å². The lowest BCUT2D eigenvalue weighted by Gasteiger charge is -2.30. The SMILES string of the molecule is CCCCCCCCCC[N+](C)(C)CCCCCCCCCC.CCCCCCCCCC[N+](C)(C)CCCCCCCCCC.CCCCCCCCCC[N+](C)(C)CCCCCCCCCC.CCCCCCCCCC[N+](C)(C)CCCCCCCCCC.[Cl-].[Cl-].[Cl-].[Cl-]. The number of unbranched alkanes of at least 4 members (excludes halogenated alkanes) is 56. The average Bonchev–Trinajstić information content (AvgIpc) is 1.96. The number of quaternary nitrogens is 4. The van der Waals surface area contributed by atoms with E-state index in [1.54, 1.807) is 0 Å². The highest BCUT2D eigenvalue weighted by molar-refractivity contribution is 4.54. The van der Waals surface area contributed by atoms with Crippen LogP contribution in [0.2, 0.25) is 0 Å². The maximum Gasteiger partial charge on any atom is 0.0782 e. The molecule has 0 fully saturated rings. The molecule has 0 unspecified atom stereocenters. The summed E-state index contributed by atoms with van der Waals surface area (Å²) in [4.78, 5) is 0. The second-order valence-electron chi connectivity index (χ2n) is 33.3. The molecule has 0 aromatic carbocycles. The van der Waals surface area contributed by atoms with Gasteiger partial charge in [0, 0.05) is 0 Å². The van der Waals surface area contributed by atoms with Crippen LogP contribution < -0.4 is 49.6 Å². The maximum absolute atomic E-state index is 2.43. The Bertz CT molecular complexity index is 1020. The van der Waals surface area contributed by atoms with Crippen LogP contribution in [0, 0.1) is 0 Å². The molecule has 0 atom stereocenters. The van der Waals surface area contributed by atoms with E-state index >= 15 is 0 Å². The van der Waals surface area contributed by atoms with Gasteiger partial charge in [0.2, 0.25) is 0 Å². The fraction of sp³-hybridized carbons (Fsp3) is 1.00. The first kappa shape index (κ1) is 113. The van der Waals surface area contributed by atoms with E-state index in [1.165, 1.54) is 481 Å². The van der Waals surface area contributed by atoms with Crippen LogP contribution in [0.1, 0.15) is 466 Å². The Labute approximate surface area is 638 Å². The molecule has 0 radical (unpaired) electrons. The quantitative estimate of drug-likeness (QED) is 0.0421. The van der Waals surface area contributed by atoms with Crippen LogP contribution in [0.25, 0.3) is 0 Å². The predicted octanol–water partition coefficient (Wildman–Crippen LogP) is 17.4. The normalized spacial score (nSPS) is 11.5. The topological polar surface area (TPSA) is 0 Å². The number of hydrogen-bond acceptors (Lipinski definition) is 0. The van der Waals surface area contributed by atoms with Gasteiger partial charge in [-0.1, -0.05) is 364 Å². The molecule has 0 N–H and O–H groups in total. The van der Waals surface area contributed by atoms with Gasteiger partial charge in [0.15, 0.2) is 0 Å². The van der Waals surface area contributed by atoms with Crippen molar-refractivity contribution < 1.29 is 67.6 Å². The Morgan fingerprint density at radius 2 is 0.167 bits per heavy atom. The van der Waals surface area contributed by atoms with E-state index < -0.39 is 0 Å². The van der Waals surface area contributed by atoms with Crippen molar-refractivity contribution in [1.82, 2.24) is 0 Å². The van der Waals surface area contributed by atoms with E-state index in [2.05, 4.69) is 112 Å². The van der Waals surface area contributed by atoms with Crippen molar-refractivity contribution in [2.75, 3.05) is 109 Å². The summed E-state index contributed by atoms with van der Waals surface area (Å²) in [5.74, 6) is 0. The monoisotopic (exact) mass is 1450 g/mol. The summed E-state index contributed by atoms with van der Waals surface area (Å²) >= 11 is 0. The molecule has 0 saturated carbocycles. The first-order chi connectivity index (χ1) is 44.5. The van der Waals surface area contributed by atoms with Crippen LogP contribution in [0.4, 0.5) is 0 Å². The summed E-state index contributed by atoms with van der Waals surface area (Å²) in [5.41, 5.74) is 0. The molecule has 0 rings (SSSR count). The highest BCUT2D eigenvalue weighted by atomic mass is 35.5. The number of halogens is 4. The fourth-order valence-corrected chi connectivity index (χ4v) is 13.8. The summed E-state index contributed by atoms with van der Waals surface area (Å²) in [6.45, 7) is 29.4. The fourth-order valence-electron chi connectivity index (χ4n) is 13.8. The minimum absolute atomic E-state index is 0. The molecule has 0 aliphatic heterocycles. The van der Waals surface area contributed by atoms with E-state index in [1.807, 2.05) is 0 Å². The second-order valence-corrected chi connectivity index (χ2v) is 33.3. The molecule has 0 aliphatic rings. The molecule has 0 aliphatic carbocycles. The van der Waals surface area contributed by atoms with Gasteiger partial charge in [-0.05, 0) is 103 Å². The van der Waals surface area contributed by atoms with Crippen LogP contribution in [-0.2, 0) is 0 Å². The van der Waals surface area contributed by atoms with Gasteiger partial charge in [-0.15, -0.1) is 0 Å². The van der Waals surface area contributed by atoms with Gasteiger partial charge in [0.1, 0.15) is 0 Å². The number of rotatable bonds is 72. The van der Waals surface area contributed by atoms with Gasteiger partial charge >= 0.3 is 0 Å². The molecular weight excluding hydrogens is 1250 g/mol. The van der Waals surface area contributed by atoms with Gasteiger partial charge < -0.3 is 67.6 Å². The van der Waals surface area contributed by atoms with Crippen molar-refractivity contribution in [3.05, 3.63) is 0 Å². The molecule has 0 spiro atoms. The van der Waals surface area contributed by atoms with Crippen molar-refractivity contribution in [2.24, 2.45) is 0 Å². The second kappa shape index (κ2) is 92.1. The third-order valence-corrected chi connectivity index (χ3v) is 20.9. The molecule has 592 valence electrons. The van der Waals surface area contributed by atoms with Gasteiger partial charge in [0.25, 0.3) is 0 Å². The third-order valence-electron chi connectivity index (χ3n) is 20.9. The van der Waals surface area contributed by atoms with E-state index in [0.29, 0.717) is 0 Å². The predicted molar refractivity (Wildman–Crippen MR) is 428 cm³/mol. The van der Waals surface area contributed by atoms with Crippen molar-refractivity contribution in [3.63, 3.8) is 0 Å². The highest BCUT2D eigenvalue weighted by Crippen LogP contribution is 2.19. The molecule has 8 heteroatoms. The zero-order valence-corrected chi connectivity index (χ0v) is 73.2. The Balaban J connectivity index is -0.000000177. The van der Waals surface area contributed by atoms with Crippen LogP contribution >= 0.6 is 0 Å². The van der Waals surface area contributed by atoms with Gasteiger partial charge in [-0.25, -0.2) is 0 Å². The van der Waals surface area contributed by atoms with Gasteiger partial charge in [0.05, 0.1) is 109 Å². The lowest BCUT2D eigenvalue weighted by Crippen LogP contribution is -3.00. The van der Waals surface area contributed by atoms with Crippen molar-refractivity contribution in [2.45, 2.75) is 466 Å². The average molecular weight is 1450 g/mol. The molecule has 0 aromatic rings. The van der Waals surface area contributed by atoms with Crippen molar-refractivity contribution in [1.29, 1.82) is 0 Å².